The fourth-order valence-electron chi connectivity index (χ4n) is 1.27. The van der Waals surface area contributed by atoms with Gasteiger partial charge in [0.1, 0.15) is 0 Å². The third kappa shape index (κ3) is 9.69. The number of ether oxygens (including phenoxy) is 2. The molecule has 0 rings (SSSR count). The van der Waals surface area contributed by atoms with Crippen LogP contribution in [0.4, 0.5) is 0 Å². The first kappa shape index (κ1) is 14.4. The first-order valence-corrected chi connectivity index (χ1v) is 5.53. The van der Waals surface area contributed by atoms with Crippen molar-refractivity contribution in [3.8, 4) is 0 Å². The number of methoxy groups -OCH3 is 1. The first-order valence-electron chi connectivity index (χ1n) is 5.53. The molecule has 0 aliphatic heterocycles. The summed E-state index contributed by atoms with van der Waals surface area (Å²) >= 11 is 0. The highest BCUT2D eigenvalue weighted by Crippen LogP contribution is 2.06. The summed E-state index contributed by atoms with van der Waals surface area (Å²) in [6, 6.07) is 0. The second-order valence-electron chi connectivity index (χ2n) is 3.57. The highest BCUT2D eigenvalue weighted by Gasteiger charge is 2.07. The molecule has 90 valence electrons. The summed E-state index contributed by atoms with van der Waals surface area (Å²) in [5.74, 6) is -0.824. The Balaban J connectivity index is 3.39. The number of unbranched alkanes of at least 4 members (excludes halogenated alkanes) is 2. The van der Waals surface area contributed by atoms with Gasteiger partial charge in [0.15, 0.2) is 0 Å². The van der Waals surface area contributed by atoms with Crippen molar-refractivity contribution >= 4 is 5.97 Å². The Labute approximate surface area is 91.6 Å². The van der Waals surface area contributed by atoms with Crippen molar-refractivity contribution in [3.63, 3.8) is 0 Å². The first-order chi connectivity index (χ1) is 7.20. The fraction of sp³-hybridized carbons (Fsp3) is 0.909. The second-order valence-corrected chi connectivity index (χ2v) is 3.57. The maximum absolute atomic E-state index is 10.2. The van der Waals surface area contributed by atoms with E-state index in [1.165, 1.54) is 12.8 Å². The van der Waals surface area contributed by atoms with Crippen LogP contribution < -0.4 is 0 Å². The summed E-state index contributed by atoms with van der Waals surface area (Å²) in [5.41, 5.74) is 0. The molecule has 0 radical (unpaired) electrons. The van der Waals surface area contributed by atoms with E-state index in [2.05, 4.69) is 6.92 Å². The van der Waals surface area contributed by atoms with Crippen molar-refractivity contribution < 1.29 is 19.4 Å². The minimum atomic E-state index is -0.824. The molecule has 0 aromatic heterocycles. The van der Waals surface area contributed by atoms with Crippen LogP contribution in [-0.2, 0) is 14.3 Å². The number of rotatable bonds is 10. The third-order valence-corrected chi connectivity index (χ3v) is 2.23. The topological polar surface area (TPSA) is 55.8 Å². The van der Waals surface area contributed by atoms with Gasteiger partial charge >= 0.3 is 5.97 Å². The Morgan fingerprint density at radius 2 is 2.13 bits per heavy atom. The molecule has 4 heteroatoms. The van der Waals surface area contributed by atoms with Crippen molar-refractivity contribution in [3.05, 3.63) is 0 Å². The number of hydrogen-bond acceptors (Lipinski definition) is 3. The Hall–Kier alpha value is -0.610. The molecule has 0 bridgehead atoms. The Morgan fingerprint density at radius 1 is 1.40 bits per heavy atom. The molecular formula is C11H22O4. The van der Waals surface area contributed by atoms with Gasteiger partial charge in [-0.2, -0.15) is 0 Å². The van der Waals surface area contributed by atoms with E-state index in [4.69, 9.17) is 14.6 Å². The highest BCUT2D eigenvalue weighted by atomic mass is 16.5. The quantitative estimate of drug-likeness (QED) is 0.570. The lowest BCUT2D eigenvalue weighted by molar-refractivity contribution is -0.138. The van der Waals surface area contributed by atoms with Crippen LogP contribution in [0, 0.1) is 0 Å². The number of carboxylic acids is 1. The monoisotopic (exact) mass is 218 g/mol. The molecule has 1 N–H and O–H groups in total. The Morgan fingerprint density at radius 3 is 2.67 bits per heavy atom. The zero-order valence-electron chi connectivity index (χ0n) is 9.70. The smallest absolute Gasteiger partial charge is 0.305 e. The van der Waals surface area contributed by atoms with Crippen LogP contribution in [-0.4, -0.2) is 37.5 Å². The van der Waals surface area contributed by atoms with Crippen molar-refractivity contribution in [2.24, 2.45) is 0 Å². The average Bonchev–Trinajstić information content (AvgIpc) is 2.21. The van der Waals surface area contributed by atoms with Crippen molar-refractivity contribution in [1.29, 1.82) is 0 Å². The van der Waals surface area contributed by atoms with Gasteiger partial charge in [-0.1, -0.05) is 26.2 Å². The summed E-state index contributed by atoms with van der Waals surface area (Å²) in [6.45, 7) is 2.92. The van der Waals surface area contributed by atoms with Crippen molar-refractivity contribution in [2.45, 2.75) is 45.1 Å². The molecule has 0 aromatic rings. The summed E-state index contributed by atoms with van der Waals surface area (Å²) < 4.78 is 10.5. The number of carboxylic acid groups (broad SMARTS) is 1. The molecule has 1 unspecified atom stereocenters. The summed E-state index contributed by atoms with van der Waals surface area (Å²) in [7, 11) is 1.66. The van der Waals surface area contributed by atoms with E-state index in [1.807, 2.05) is 0 Å². The lowest BCUT2D eigenvalue weighted by Crippen LogP contribution is -2.19. The van der Waals surface area contributed by atoms with Gasteiger partial charge in [-0.15, -0.1) is 0 Å². The van der Waals surface area contributed by atoms with Gasteiger partial charge in [0, 0.05) is 7.11 Å². The van der Waals surface area contributed by atoms with Crippen molar-refractivity contribution in [1.82, 2.24) is 0 Å². The second kappa shape index (κ2) is 9.93. The van der Waals surface area contributed by atoms with Crippen LogP contribution in [0.25, 0.3) is 0 Å². The maximum Gasteiger partial charge on any atom is 0.305 e. The molecule has 4 nitrogen and oxygen atoms in total. The van der Waals surface area contributed by atoms with Crippen LogP contribution in [0.3, 0.4) is 0 Å². The van der Waals surface area contributed by atoms with Crippen LogP contribution >= 0.6 is 0 Å². The molecule has 1 atom stereocenters. The minimum absolute atomic E-state index is 0.0609. The largest absolute Gasteiger partial charge is 0.481 e. The number of hydrogen-bond donors (Lipinski definition) is 1. The van der Waals surface area contributed by atoms with Crippen LogP contribution in [0.15, 0.2) is 0 Å². The van der Waals surface area contributed by atoms with E-state index in [-0.39, 0.29) is 19.1 Å². The zero-order chi connectivity index (χ0) is 11.5. The van der Waals surface area contributed by atoms with Gasteiger partial charge in [0.05, 0.1) is 25.7 Å². The van der Waals surface area contributed by atoms with E-state index in [1.54, 1.807) is 7.11 Å². The Kier molecular flexibility index (Phi) is 9.52. The standard InChI is InChI=1S/C11H22O4/c1-3-4-5-6-10(14-2)9-15-8-7-11(12)13/h10H,3-9H2,1-2H3,(H,12,13). The molecule has 0 aliphatic carbocycles. The van der Waals surface area contributed by atoms with Gasteiger partial charge in [0.2, 0.25) is 0 Å². The van der Waals surface area contributed by atoms with E-state index < -0.39 is 5.97 Å². The van der Waals surface area contributed by atoms with E-state index in [9.17, 15) is 4.79 Å². The summed E-state index contributed by atoms with van der Waals surface area (Å²) in [5, 5.41) is 8.40. The Bertz CT molecular complexity index is 159. The van der Waals surface area contributed by atoms with Crippen LogP contribution in [0.1, 0.15) is 39.0 Å². The zero-order valence-corrected chi connectivity index (χ0v) is 9.70. The van der Waals surface area contributed by atoms with Crippen LogP contribution in [0.2, 0.25) is 0 Å². The molecular weight excluding hydrogens is 196 g/mol. The summed E-state index contributed by atoms with van der Waals surface area (Å²) in [6.07, 6.45) is 4.68. The molecule has 0 spiro atoms. The molecule has 0 heterocycles. The van der Waals surface area contributed by atoms with E-state index in [0.29, 0.717) is 6.61 Å². The normalized spacial score (nSPS) is 12.7. The lowest BCUT2D eigenvalue weighted by Gasteiger charge is -2.14. The van der Waals surface area contributed by atoms with Gasteiger partial charge < -0.3 is 14.6 Å². The SMILES string of the molecule is CCCCCC(COCCC(=O)O)OC. The fourth-order valence-corrected chi connectivity index (χ4v) is 1.27. The van der Waals surface area contributed by atoms with Gasteiger partial charge in [-0.05, 0) is 6.42 Å². The van der Waals surface area contributed by atoms with Crippen molar-refractivity contribution in [2.75, 3.05) is 20.3 Å². The molecule has 0 saturated carbocycles. The van der Waals surface area contributed by atoms with Crippen LogP contribution in [0.5, 0.6) is 0 Å². The van der Waals surface area contributed by atoms with E-state index in [0.717, 1.165) is 12.8 Å². The third-order valence-electron chi connectivity index (χ3n) is 2.23. The number of carbonyl (C=O) groups is 1. The maximum atomic E-state index is 10.2. The molecule has 0 aliphatic rings. The predicted octanol–water partition coefficient (Wildman–Crippen LogP) is 2.07. The minimum Gasteiger partial charge on any atom is -0.481 e. The average molecular weight is 218 g/mol. The molecule has 0 aromatic carbocycles. The summed E-state index contributed by atoms with van der Waals surface area (Å²) in [4.78, 5) is 10.2. The number of aliphatic carboxylic acids is 1. The van der Waals surface area contributed by atoms with Gasteiger partial charge in [-0.25, -0.2) is 0 Å². The highest BCUT2D eigenvalue weighted by molar-refractivity contribution is 5.66. The van der Waals surface area contributed by atoms with E-state index >= 15 is 0 Å². The lowest BCUT2D eigenvalue weighted by atomic mass is 10.1. The molecule has 0 saturated heterocycles. The van der Waals surface area contributed by atoms with Gasteiger partial charge in [-0.3, -0.25) is 4.79 Å². The predicted molar refractivity (Wildman–Crippen MR) is 58.0 cm³/mol. The molecule has 15 heavy (non-hydrogen) atoms. The molecule has 0 fully saturated rings. The van der Waals surface area contributed by atoms with Gasteiger partial charge in [0.25, 0.3) is 0 Å². The molecule has 0 amide bonds.